The van der Waals surface area contributed by atoms with E-state index in [1.54, 1.807) is 13.8 Å². The van der Waals surface area contributed by atoms with E-state index in [2.05, 4.69) is 5.32 Å². The van der Waals surface area contributed by atoms with Crippen molar-refractivity contribution in [2.24, 2.45) is 0 Å². The van der Waals surface area contributed by atoms with Gasteiger partial charge in [0.25, 0.3) is 5.91 Å². The molecule has 168 valence electrons. The van der Waals surface area contributed by atoms with Crippen LogP contribution in [0.5, 0.6) is 5.75 Å². The number of thiophene rings is 1. The van der Waals surface area contributed by atoms with E-state index in [-0.39, 0.29) is 41.9 Å². The number of hydrogen-bond acceptors (Lipinski definition) is 8. The van der Waals surface area contributed by atoms with Crippen LogP contribution in [0.3, 0.4) is 0 Å². The van der Waals surface area contributed by atoms with Gasteiger partial charge in [-0.3, -0.25) is 4.79 Å². The number of carbonyl (C=O) groups is 3. The predicted molar refractivity (Wildman–Crippen MR) is 117 cm³/mol. The fourth-order valence-corrected chi connectivity index (χ4v) is 3.96. The first-order chi connectivity index (χ1) is 14.8. The lowest BCUT2D eigenvalue weighted by Gasteiger charge is -2.12. The zero-order valence-electron chi connectivity index (χ0n) is 18.3. The first-order valence-corrected chi connectivity index (χ1v) is 10.6. The topological polar surface area (TPSA) is 100 Å². The number of anilines is 1. The second kappa shape index (κ2) is 11.5. The quantitative estimate of drug-likeness (QED) is 0.436. The molecule has 0 radical (unpaired) electrons. The maximum Gasteiger partial charge on any atom is 0.348 e. The standard InChI is InChI=1S/C22H27NO7S/c1-6-28-21(25)17-15(4)19(22(26)29-11-10-27-5)31-20(17)23-16(24)12-30-18-13(2)8-7-9-14(18)3/h7-9H,6,10-12H2,1-5H3,(H,23,24). The summed E-state index contributed by atoms with van der Waals surface area (Å²) in [6.45, 7) is 7.30. The van der Waals surface area contributed by atoms with E-state index in [9.17, 15) is 14.4 Å². The van der Waals surface area contributed by atoms with Crippen molar-refractivity contribution in [1.29, 1.82) is 0 Å². The van der Waals surface area contributed by atoms with Gasteiger partial charge in [0.1, 0.15) is 22.2 Å². The molecule has 0 atom stereocenters. The average molecular weight is 450 g/mol. The number of benzene rings is 1. The summed E-state index contributed by atoms with van der Waals surface area (Å²) in [7, 11) is 1.50. The van der Waals surface area contributed by atoms with E-state index in [1.807, 2.05) is 32.0 Å². The van der Waals surface area contributed by atoms with Crippen molar-refractivity contribution in [3.63, 3.8) is 0 Å². The fourth-order valence-electron chi connectivity index (χ4n) is 2.86. The molecule has 9 heteroatoms. The van der Waals surface area contributed by atoms with E-state index in [0.29, 0.717) is 11.3 Å². The zero-order chi connectivity index (χ0) is 23.0. The smallest absolute Gasteiger partial charge is 0.348 e. The maximum absolute atomic E-state index is 12.5. The molecule has 0 aliphatic rings. The Labute approximate surface area is 185 Å². The molecule has 2 rings (SSSR count). The molecule has 1 amide bonds. The molecule has 0 saturated carbocycles. The summed E-state index contributed by atoms with van der Waals surface area (Å²) in [6, 6.07) is 5.69. The van der Waals surface area contributed by atoms with Crippen LogP contribution < -0.4 is 10.1 Å². The molecule has 31 heavy (non-hydrogen) atoms. The van der Waals surface area contributed by atoms with Crippen LogP contribution in [0.4, 0.5) is 5.00 Å². The molecular formula is C22H27NO7S. The van der Waals surface area contributed by atoms with Crippen molar-refractivity contribution in [2.75, 3.05) is 38.9 Å². The van der Waals surface area contributed by atoms with Crippen molar-refractivity contribution in [1.82, 2.24) is 0 Å². The van der Waals surface area contributed by atoms with Crippen LogP contribution in [0.15, 0.2) is 18.2 Å². The van der Waals surface area contributed by atoms with E-state index in [1.165, 1.54) is 7.11 Å². The second-order valence-electron chi connectivity index (χ2n) is 6.67. The molecule has 0 saturated heterocycles. The lowest BCUT2D eigenvalue weighted by atomic mass is 10.1. The van der Waals surface area contributed by atoms with Crippen LogP contribution >= 0.6 is 11.3 Å². The number of ether oxygens (including phenoxy) is 4. The molecule has 1 aromatic heterocycles. The van der Waals surface area contributed by atoms with E-state index < -0.39 is 17.8 Å². The van der Waals surface area contributed by atoms with Crippen LogP contribution in [0.25, 0.3) is 0 Å². The molecule has 0 fully saturated rings. The Morgan fingerprint density at radius 1 is 1.00 bits per heavy atom. The molecule has 8 nitrogen and oxygen atoms in total. The van der Waals surface area contributed by atoms with Gasteiger partial charge < -0.3 is 24.3 Å². The second-order valence-corrected chi connectivity index (χ2v) is 7.69. The minimum absolute atomic E-state index is 0.0761. The third kappa shape index (κ3) is 6.28. The van der Waals surface area contributed by atoms with Gasteiger partial charge in [-0.2, -0.15) is 0 Å². The highest BCUT2D eigenvalue weighted by Gasteiger charge is 2.27. The van der Waals surface area contributed by atoms with Gasteiger partial charge in [-0.1, -0.05) is 18.2 Å². The molecule has 0 bridgehead atoms. The van der Waals surface area contributed by atoms with E-state index in [0.717, 1.165) is 22.5 Å². The predicted octanol–water partition coefficient (Wildman–Crippen LogP) is 3.67. The average Bonchev–Trinajstić information content (AvgIpc) is 3.03. The fraction of sp³-hybridized carbons (Fsp3) is 0.409. The molecule has 2 aromatic rings. The van der Waals surface area contributed by atoms with Crippen molar-refractivity contribution >= 4 is 34.2 Å². The number of hydrogen-bond donors (Lipinski definition) is 1. The van der Waals surface area contributed by atoms with Crippen LogP contribution in [0, 0.1) is 20.8 Å². The SMILES string of the molecule is CCOC(=O)c1c(NC(=O)COc2c(C)cccc2C)sc(C(=O)OCCOC)c1C. The highest BCUT2D eigenvalue weighted by atomic mass is 32.1. The Bertz CT molecular complexity index is 931. The summed E-state index contributed by atoms with van der Waals surface area (Å²) in [5.41, 5.74) is 2.34. The van der Waals surface area contributed by atoms with Crippen molar-refractivity contribution in [2.45, 2.75) is 27.7 Å². The number of rotatable bonds is 10. The largest absolute Gasteiger partial charge is 0.483 e. The third-order valence-corrected chi connectivity index (χ3v) is 5.53. The summed E-state index contributed by atoms with van der Waals surface area (Å²) in [4.78, 5) is 37.6. The highest BCUT2D eigenvalue weighted by Crippen LogP contribution is 2.34. The zero-order valence-corrected chi connectivity index (χ0v) is 19.1. The number of esters is 2. The number of aryl methyl sites for hydroxylation is 2. The van der Waals surface area contributed by atoms with Gasteiger partial charge in [-0.15, -0.1) is 11.3 Å². The molecule has 0 aliphatic carbocycles. The molecule has 0 aliphatic heterocycles. The highest BCUT2D eigenvalue weighted by molar-refractivity contribution is 7.18. The minimum Gasteiger partial charge on any atom is -0.483 e. The molecule has 1 heterocycles. The summed E-state index contributed by atoms with van der Waals surface area (Å²) >= 11 is 0.959. The minimum atomic E-state index is -0.627. The van der Waals surface area contributed by atoms with Gasteiger partial charge in [-0.05, 0) is 44.4 Å². The van der Waals surface area contributed by atoms with Gasteiger partial charge in [0.2, 0.25) is 0 Å². The number of amides is 1. The summed E-state index contributed by atoms with van der Waals surface area (Å²) < 4.78 is 20.8. The Kier molecular flexibility index (Phi) is 9.02. The van der Waals surface area contributed by atoms with Crippen molar-refractivity contribution in [3.8, 4) is 5.75 Å². The number of carbonyl (C=O) groups excluding carboxylic acids is 3. The Balaban J connectivity index is 2.20. The van der Waals surface area contributed by atoms with Crippen molar-refractivity contribution < 1.29 is 33.3 Å². The lowest BCUT2D eigenvalue weighted by molar-refractivity contribution is -0.118. The number of para-hydroxylation sites is 1. The number of nitrogens with one attached hydrogen (secondary N) is 1. The lowest BCUT2D eigenvalue weighted by Crippen LogP contribution is -2.21. The Morgan fingerprint density at radius 3 is 2.29 bits per heavy atom. The summed E-state index contributed by atoms with van der Waals surface area (Å²) in [5.74, 6) is -1.06. The van der Waals surface area contributed by atoms with E-state index >= 15 is 0 Å². The first kappa shape index (κ1) is 24.4. The summed E-state index contributed by atoms with van der Waals surface area (Å²) in [5, 5.41) is 2.88. The Morgan fingerprint density at radius 2 is 1.68 bits per heavy atom. The molecular weight excluding hydrogens is 422 g/mol. The monoisotopic (exact) mass is 449 g/mol. The molecule has 0 unspecified atom stereocenters. The summed E-state index contributed by atoms with van der Waals surface area (Å²) in [6.07, 6.45) is 0. The van der Waals surface area contributed by atoms with Gasteiger partial charge in [0.05, 0.1) is 18.8 Å². The van der Waals surface area contributed by atoms with Crippen LogP contribution in [0.2, 0.25) is 0 Å². The van der Waals surface area contributed by atoms with Crippen molar-refractivity contribution in [3.05, 3.63) is 45.3 Å². The van der Waals surface area contributed by atoms with Crippen LogP contribution in [-0.4, -0.2) is 51.4 Å². The molecule has 1 aromatic carbocycles. The molecule has 0 spiro atoms. The Hall–Kier alpha value is -2.91. The van der Waals surface area contributed by atoms with Crippen LogP contribution in [0.1, 0.15) is 43.6 Å². The van der Waals surface area contributed by atoms with Gasteiger partial charge in [0.15, 0.2) is 6.61 Å². The normalized spacial score (nSPS) is 10.5. The van der Waals surface area contributed by atoms with E-state index in [4.69, 9.17) is 18.9 Å². The maximum atomic E-state index is 12.5. The van der Waals surface area contributed by atoms with Gasteiger partial charge in [-0.25, -0.2) is 9.59 Å². The van der Waals surface area contributed by atoms with Gasteiger partial charge in [0, 0.05) is 7.11 Å². The third-order valence-electron chi connectivity index (χ3n) is 4.34. The first-order valence-electron chi connectivity index (χ1n) is 9.75. The molecule has 1 N–H and O–H groups in total. The van der Waals surface area contributed by atoms with Gasteiger partial charge >= 0.3 is 11.9 Å². The van der Waals surface area contributed by atoms with Crippen LogP contribution in [-0.2, 0) is 19.0 Å². The number of methoxy groups -OCH3 is 1.